The second-order valence-electron chi connectivity index (χ2n) is 8.46. The predicted octanol–water partition coefficient (Wildman–Crippen LogP) is 4.15. The van der Waals surface area contributed by atoms with Crippen LogP contribution in [0.2, 0.25) is 0 Å². The normalized spacial score (nSPS) is 12.6. The minimum Gasteiger partial charge on any atom is -0.385 e. The Labute approximate surface area is 181 Å². The molecule has 0 aliphatic rings. The third-order valence-electron chi connectivity index (χ3n) is 4.88. The highest BCUT2D eigenvalue weighted by atomic mass is 32.2. The third-order valence-corrected chi connectivity index (χ3v) is 8.33. The number of nitrogens with zero attached hydrogens (tertiary/aromatic N) is 2. The molecular weight excluding hydrogens is 427 g/mol. The van der Waals surface area contributed by atoms with Gasteiger partial charge in [-0.25, -0.2) is 13.7 Å². The SMILES string of the molecule is CC(C)c1cc(F)cc(C(C)C)c1CC(=O)N(C)S(=O)(=O)c1ncc(C(C)(C)O)s1. The number of thiazole rings is 1. The van der Waals surface area contributed by atoms with Crippen LogP contribution in [0, 0.1) is 5.82 Å². The van der Waals surface area contributed by atoms with E-state index in [1.807, 2.05) is 27.7 Å². The molecule has 0 saturated heterocycles. The summed E-state index contributed by atoms with van der Waals surface area (Å²) in [5.41, 5.74) is 0.804. The van der Waals surface area contributed by atoms with Crippen molar-refractivity contribution in [3.05, 3.63) is 45.7 Å². The number of halogens is 1. The highest BCUT2D eigenvalue weighted by molar-refractivity contribution is 7.91. The first-order valence-electron chi connectivity index (χ1n) is 9.68. The molecule has 0 aliphatic heterocycles. The minimum absolute atomic E-state index is 0.0313. The number of aromatic nitrogens is 1. The van der Waals surface area contributed by atoms with E-state index in [9.17, 15) is 22.7 Å². The Morgan fingerprint density at radius 2 is 1.70 bits per heavy atom. The zero-order chi connectivity index (χ0) is 23.0. The highest BCUT2D eigenvalue weighted by Gasteiger charge is 2.32. The third kappa shape index (κ3) is 5.07. The molecule has 0 atom stereocenters. The molecular formula is C21H29FN2O4S2. The summed E-state index contributed by atoms with van der Waals surface area (Å²) in [5.74, 6) is -1.07. The number of hydrogen-bond acceptors (Lipinski definition) is 6. The number of sulfonamides is 1. The van der Waals surface area contributed by atoms with Crippen molar-refractivity contribution in [1.29, 1.82) is 0 Å². The number of carbonyl (C=O) groups excluding carboxylic acids is 1. The van der Waals surface area contributed by atoms with E-state index in [4.69, 9.17) is 0 Å². The molecule has 1 aromatic heterocycles. The molecule has 0 unspecified atom stereocenters. The molecule has 0 aliphatic carbocycles. The second-order valence-corrected chi connectivity index (χ2v) is 11.6. The lowest BCUT2D eigenvalue weighted by Gasteiger charge is -2.22. The fourth-order valence-corrected chi connectivity index (χ4v) is 5.52. The van der Waals surface area contributed by atoms with Crippen LogP contribution in [0.1, 0.15) is 74.9 Å². The molecule has 0 fully saturated rings. The van der Waals surface area contributed by atoms with Crippen molar-refractivity contribution >= 4 is 27.3 Å². The summed E-state index contributed by atoms with van der Waals surface area (Å²) in [6.45, 7) is 10.7. The van der Waals surface area contributed by atoms with E-state index in [-0.39, 0.29) is 28.4 Å². The Hall–Kier alpha value is -1.84. The van der Waals surface area contributed by atoms with E-state index < -0.39 is 21.5 Å². The molecule has 30 heavy (non-hydrogen) atoms. The average molecular weight is 457 g/mol. The van der Waals surface area contributed by atoms with Gasteiger partial charge in [-0.05, 0) is 54.5 Å². The monoisotopic (exact) mass is 456 g/mol. The van der Waals surface area contributed by atoms with Crippen LogP contribution in [0.4, 0.5) is 4.39 Å². The van der Waals surface area contributed by atoms with E-state index in [1.165, 1.54) is 39.2 Å². The van der Waals surface area contributed by atoms with Gasteiger partial charge in [-0.1, -0.05) is 27.7 Å². The van der Waals surface area contributed by atoms with Crippen molar-refractivity contribution in [2.45, 2.75) is 69.7 Å². The lowest BCUT2D eigenvalue weighted by molar-refractivity contribution is -0.124. The van der Waals surface area contributed by atoms with Gasteiger partial charge in [0.2, 0.25) is 10.2 Å². The van der Waals surface area contributed by atoms with Crippen LogP contribution in [0.3, 0.4) is 0 Å². The topological polar surface area (TPSA) is 87.6 Å². The summed E-state index contributed by atoms with van der Waals surface area (Å²) in [6, 6.07) is 2.81. The largest absolute Gasteiger partial charge is 0.385 e. The lowest BCUT2D eigenvalue weighted by atomic mass is 9.87. The molecule has 166 valence electrons. The number of likely N-dealkylation sites (N-methyl/N-ethyl adjacent to an activating group) is 1. The van der Waals surface area contributed by atoms with Crippen molar-refractivity contribution < 1.29 is 22.7 Å². The first kappa shape index (κ1) is 24.4. The van der Waals surface area contributed by atoms with E-state index >= 15 is 0 Å². The smallest absolute Gasteiger partial charge is 0.293 e. The molecule has 1 aromatic carbocycles. The summed E-state index contributed by atoms with van der Waals surface area (Å²) in [7, 11) is -2.98. The molecule has 1 N–H and O–H groups in total. The Morgan fingerprint density at radius 3 is 2.10 bits per heavy atom. The average Bonchev–Trinajstić information content (AvgIpc) is 3.13. The molecule has 0 radical (unpaired) electrons. The van der Waals surface area contributed by atoms with Gasteiger partial charge in [0.05, 0.1) is 16.9 Å². The molecule has 6 nitrogen and oxygen atoms in total. The van der Waals surface area contributed by atoms with E-state index in [2.05, 4.69) is 4.98 Å². The number of aliphatic hydroxyl groups is 1. The van der Waals surface area contributed by atoms with Gasteiger partial charge in [-0.2, -0.15) is 8.42 Å². The number of rotatable bonds is 7. The summed E-state index contributed by atoms with van der Waals surface area (Å²) in [4.78, 5) is 17.2. The molecule has 2 aromatic rings. The van der Waals surface area contributed by atoms with Gasteiger partial charge in [0.15, 0.2) is 0 Å². The van der Waals surface area contributed by atoms with Crippen LogP contribution >= 0.6 is 11.3 Å². The zero-order valence-electron chi connectivity index (χ0n) is 18.4. The van der Waals surface area contributed by atoms with Crippen LogP contribution in [0.5, 0.6) is 0 Å². The Balaban J connectivity index is 2.41. The summed E-state index contributed by atoms with van der Waals surface area (Å²) in [6.07, 6.45) is 1.13. The molecule has 0 bridgehead atoms. The van der Waals surface area contributed by atoms with Gasteiger partial charge >= 0.3 is 0 Å². The van der Waals surface area contributed by atoms with Crippen molar-refractivity contribution in [1.82, 2.24) is 9.29 Å². The van der Waals surface area contributed by atoms with E-state index in [0.717, 1.165) is 11.3 Å². The summed E-state index contributed by atoms with van der Waals surface area (Å²) >= 11 is 0.824. The van der Waals surface area contributed by atoms with Gasteiger partial charge in [-0.3, -0.25) is 4.79 Å². The maximum atomic E-state index is 14.1. The number of hydrogen-bond donors (Lipinski definition) is 1. The first-order chi connectivity index (χ1) is 13.7. The number of benzene rings is 1. The van der Waals surface area contributed by atoms with Crippen LogP contribution in [-0.2, 0) is 26.8 Å². The Bertz CT molecular complexity index is 1010. The van der Waals surface area contributed by atoms with Crippen molar-refractivity contribution in [2.75, 3.05) is 7.05 Å². The molecule has 1 heterocycles. The molecule has 0 saturated carbocycles. The Morgan fingerprint density at radius 1 is 1.20 bits per heavy atom. The molecule has 1 amide bonds. The van der Waals surface area contributed by atoms with Gasteiger partial charge in [0.1, 0.15) is 5.82 Å². The van der Waals surface area contributed by atoms with Crippen molar-refractivity contribution in [3.8, 4) is 0 Å². The predicted molar refractivity (Wildman–Crippen MR) is 116 cm³/mol. The highest BCUT2D eigenvalue weighted by Crippen LogP contribution is 2.32. The second kappa shape index (κ2) is 8.72. The fraction of sp³-hybridized carbons (Fsp3) is 0.524. The first-order valence-corrected chi connectivity index (χ1v) is 11.9. The molecule has 0 spiro atoms. The van der Waals surface area contributed by atoms with Gasteiger partial charge in [0.25, 0.3) is 10.0 Å². The van der Waals surface area contributed by atoms with Crippen molar-refractivity contribution in [3.63, 3.8) is 0 Å². The standard InChI is InChI=1S/C21H29FN2O4S2/c1-12(2)15-8-14(22)9-16(13(3)4)17(15)10-19(25)24(7)30(27,28)20-23-11-18(29-20)21(5,6)26/h8-9,11-13,26H,10H2,1-7H3. The fourth-order valence-electron chi connectivity index (χ4n) is 3.09. The number of amides is 1. The van der Waals surface area contributed by atoms with Crippen molar-refractivity contribution in [2.24, 2.45) is 0 Å². The van der Waals surface area contributed by atoms with Gasteiger partial charge < -0.3 is 5.11 Å². The van der Waals surface area contributed by atoms with Gasteiger partial charge in [0, 0.05) is 13.2 Å². The van der Waals surface area contributed by atoms with Crippen LogP contribution in [0.25, 0.3) is 0 Å². The van der Waals surface area contributed by atoms with Crippen LogP contribution < -0.4 is 0 Å². The minimum atomic E-state index is -4.17. The maximum absolute atomic E-state index is 14.1. The van der Waals surface area contributed by atoms with Crippen LogP contribution in [0.15, 0.2) is 22.7 Å². The van der Waals surface area contributed by atoms with Gasteiger partial charge in [-0.15, -0.1) is 11.3 Å². The molecule has 2 rings (SSSR count). The summed E-state index contributed by atoms with van der Waals surface area (Å²) < 4.78 is 40.3. The lowest BCUT2D eigenvalue weighted by Crippen LogP contribution is -2.34. The summed E-state index contributed by atoms with van der Waals surface area (Å²) in [5, 5.41) is 10.1. The van der Waals surface area contributed by atoms with E-state index in [0.29, 0.717) is 25.9 Å². The molecule has 9 heteroatoms. The van der Waals surface area contributed by atoms with Crippen LogP contribution in [-0.4, -0.2) is 35.8 Å². The maximum Gasteiger partial charge on any atom is 0.293 e. The zero-order valence-corrected chi connectivity index (χ0v) is 20.0. The number of carbonyl (C=O) groups is 1. The Kier molecular flexibility index (Phi) is 7.10. The quantitative estimate of drug-likeness (QED) is 0.676. The van der Waals surface area contributed by atoms with E-state index in [1.54, 1.807) is 0 Å².